The van der Waals surface area contributed by atoms with Crippen molar-refractivity contribution in [3.8, 4) is 40.2 Å². The van der Waals surface area contributed by atoms with Crippen molar-refractivity contribution < 1.29 is 94.5 Å². The summed E-state index contributed by atoms with van der Waals surface area (Å²) in [6, 6.07) is 9.68. The molecule has 1 unspecified atom stereocenters. The Morgan fingerprint density at radius 1 is 0.691 bits per heavy atom. The van der Waals surface area contributed by atoms with Crippen molar-refractivity contribution in [2.75, 3.05) is 13.2 Å². The summed E-state index contributed by atoms with van der Waals surface area (Å²) in [7, 11) is 0. The molecule has 2 saturated heterocycles. The van der Waals surface area contributed by atoms with Crippen molar-refractivity contribution in [2.45, 2.75) is 67.5 Å². The Hall–Kier alpha value is -5.35. The van der Waals surface area contributed by atoms with Crippen LogP contribution in [0.3, 0.4) is 0 Å². The summed E-state index contributed by atoms with van der Waals surface area (Å²) in [5, 5.41) is 123. The zero-order valence-electron chi connectivity index (χ0n) is 28.3. The molecule has 0 radical (unpaired) electrons. The number of esters is 1. The molecule has 3 aliphatic rings. The zero-order chi connectivity index (χ0) is 39.7. The molecule has 0 spiro atoms. The molecule has 11 atom stereocenters. The normalized spacial score (nSPS) is 30.5. The van der Waals surface area contributed by atoms with Crippen LogP contribution in [0, 0.1) is 0 Å². The number of carbonyl (C=O) groups excluding carboxylic acids is 1. The van der Waals surface area contributed by atoms with Gasteiger partial charge in [-0.3, -0.25) is 0 Å². The zero-order valence-corrected chi connectivity index (χ0v) is 28.3. The predicted molar refractivity (Wildman–Crippen MR) is 181 cm³/mol. The molecule has 0 aromatic heterocycles. The van der Waals surface area contributed by atoms with Gasteiger partial charge in [-0.15, -0.1) is 0 Å². The highest BCUT2D eigenvalue weighted by molar-refractivity contribution is 5.87. The number of rotatable bonds is 10. The smallest absolute Gasteiger partial charge is 0.330 e. The molecular weight excluding hydrogens is 736 g/mol. The van der Waals surface area contributed by atoms with E-state index in [2.05, 4.69) is 0 Å². The molecule has 0 bridgehead atoms. The number of benzene rings is 3. The van der Waals surface area contributed by atoms with Gasteiger partial charge in [0.05, 0.1) is 12.2 Å². The van der Waals surface area contributed by atoms with Crippen LogP contribution < -0.4 is 9.47 Å². The second kappa shape index (κ2) is 16.2. The Morgan fingerprint density at radius 2 is 1.31 bits per heavy atom. The largest absolute Gasteiger partial charge is 0.508 e. The van der Waals surface area contributed by atoms with Crippen LogP contribution in [0.4, 0.5) is 0 Å². The Bertz CT molecular complexity index is 1930. The number of phenols is 5. The van der Waals surface area contributed by atoms with Gasteiger partial charge in [0.15, 0.2) is 29.1 Å². The summed E-state index contributed by atoms with van der Waals surface area (Å²) in [6.07, 6.45) is -15.1. The molecule has 296 valence electrons. The molecule has 3 heterocycles. The molecule has 0 amide bonds. The Morgan fingerprint density at radius 3 is 1.96 bits per heavy atom. The number of phenolic OH excluding ortho intramolecular Hbond substituents is 5. The summed E-state index contributed by atoms with van der Waals surface area (Å²) in [5.41, 5.74) is 0.498. The first kappa shape index (κ1) is 39.3. The minimum Gasteiger partial charge on any atom is -0.508 e. The standard InChI is InChI=1S/C36H38O19/c37-12-25-28(44)30(46)32(48)35(54-25)52-23-10-16(38)9-22-17(23)11-24(34(51-22)15-3-5-19(40)21(42)8-15)53-36-33(49)31(47)29(45)26(55-36)13-50-27(43)6-2-14-1-4-18(39)20(41)7-14/h1-11,25-26,28-42,44-49H,12-13H2/t25-,26-,28-,29-,30+,31+,32-,33-,34?,35-,36-/m0/s1. The second-order valence-corrected chi connectivity index (χ2v) is 12.8. The fourth-order valence-corrected chi connectivity index (χ4v) is 5.96. The van der Waals surface area contributed by atoms with Crippen LogP contribution in [0.2, 0.25) is 0 Å². The van der Waals surface area contributed by atoms with E-state index in [4.69, 9.17) is 28.4 Å². The van der Waals surface area contributed by atoms with E-state index in [-0.39, 0.29) is 34.1 Å². The maximum atomic E-state index is 12.5. The van der Waals surface area contributed by atoms with E-state index in [9.17, 15) is 66.1 Å². The van der Waals surface area contributed by atoms with E-state index in [0.29, 0.717) is 5.56 Å². The molecule has 6 rings (SSSR count). The van der Waals surface area contributed by atoms with E-state index < -0.39 is 110 Å². The molecule has 12 N–H and O–H groups in total. The van der Waals surface area contributed by atoms with E-state index in [1.165, 1.54) is 42.5 Å². The quantitative estimate of drug-likeness (QED) is 0.0664. The van der Waals surface area contributed by atoms with E-state index in [1.54, 1.807) is 0 Å². The second-order valence-electron chi connectivity index (χ2n) is 12.8. The van der Waals surface area contributed by atoms with Gasteiger partial charge in [-0.05, 0) is 42.0 Å². The molecule has 0 saturated carbocycles. The lowest BCUT2D eigenvalue weighted by Gasteiger charge is -2.41. The molecule has 19 heteroatoms. The minimum absolute atomic E-state index is 0.00843. The summed E-state index contributed by atoms with van der Waals surface area (Å²) >= 11 is 0. The van der Waals surface area contributed by atoms with Crippen LogP contribution in [0.1, 0.15) is 22.8 Å². The molecule has 3 aromatic rings. The van der Waals surface area contributed by atoms with Gasteiger partial charge in [0, 0.05) is 23.8 Å². The van der Waals surface area contributed by atoms with Crippen molar-refractivity contribution in [3.63, 3.8) is 0 Å². The van der Waals surface area contributed by atoms with E-state index >= 15 is 0 Å². The van der Waals surface area contributed by atoms with Gasteiger partial charge in [-0.1, -0.05) is 12.1 Å². The lowest BCUT2D eigenvalue weighted by molar-refractivity contribution is -0.294. The number of fused-ring (bicyclic) bond motifs is 1. The van der Waals surface area contributed by atoms with Crippen LogP contribution in [0.5, 0.6) is 40.2 Å². The third-order valence-corrected chi connectivity index (χ3v) is 8.99. The monoisotopic (exact) mass is 774 g/mol. The number of aromatic hydroxyl groups is 5. The topological polar surface area (TPSA) is 315 Å². The third kappa shape index (κ3) is 8.34. The maximum Gasteiger partial charge on any atom is 0.330 e. The molecule has 55 heavy (non-hydrogen) atoms. The van der Waals surface area contributed by atoms with Crippen molar-refractivity contribution >= 4 is 18.1 Å². The Labute approximate surface area is 310 Å². The fourth-order valence-electron chi connectivity index (χ4n) is 5.96. The maximum absolute atomic E-state index is 12.5. The number of hydrogen-bond acceptors (Lipinski definition) is 19. The van der Waals surface area contributed by atoms with Crippen molar-refractivity contribution in [3.05, 3.63) is 77.1 Å². The van der Waals surface area contributed by atoms with Gasteiger partial charge < -0.3 is 89.7 Å². The Kier molecular flexibility index (Phi) is 11.6. The predicted octanol–water partition coefficient (Wildman–Crippen LogP) is -1.05. The average Bonchev–Trinajstić information content (AvgIpc) is 3.16. The van der Waals surface area contributed by atoms with Crippen LogP contribution >= 0.6 is 0 Å². The number of hydrogen-bond donors (Lipinski definition) is 12. The lowest BCUT2D eigenvalue weighted by Crippen LogP contribution is -2.60. The first-order valence-electron chi connectivity index (χ1n) is 16.6. The first-order chi connectivity index (χ1) is 26.1. The third-order valence-electron chi connectivity index (χ3n) is 8.99. The molecule has 19 nitrogen and oxygen atoms in total. The molecule has 3 aromatic carbocycles. The van der Waals surface area contributed by atoms with Crippen LogP contribution in [-0.4, -0.2) is 142 Å². The summed E-state index contributed by atoms with van der Waals surface area (Å²) < 4.78 is 34.3. The summed E-state index contributed by atoms with van der Waals surface area (Å²) in [6.45, 7) is -1.41. The van der Waals surface area contributed by atoms with Crippen LogP contribution in [0.25, 0.3) is 12.2 Å². The van der Waals surface area contributed by atoms with Gasteiger partial charge in [-0.25, -0.2) is 4.79 Å². The van der Waals surface area contributed by atoms with Crippen molar-refractivity contribution in [1.82, 2.24) is 0 Å². The summed E-state index contributed by atoms with van der Waals surface area (Å²) in [5.74, 6) is -3.70. The van der Waals surface area contributed by atoms with Gasteiger partial charge >= 0.3 is 5.97 Å². The highest BCUT2D eigenvalue weighted by Crippen LogP contribution is 2.46. The Balaban J connectivity index is 1.27. The van der Waals surface area contributed by atoms with Crippen molar-refractivity contribution in [2.24, 2.45) is 0 Å². The van der Waals surface area contributed by atoms with Crippen molar-refractivity contribution in [1.29, 1.82) is 0 Å². The molecule has 2 fully saturated rings. The molecular formula is C36H38O19. The van der Waals surface area contributed by atoms with Crippen LogP contribution in [-0.2, 0) is 23.7 Å². The molecule has 3 aliphatic heterocycles. The summed E-state index contributed by atoms with van der Waals surface area (Å²) in [4.78, 5) is 12.5. The number of aliphatic hydroxyl groups is 7. The van der Waals surface area contributed by atoms with Gasteiger partial charge in [-0.2, -0.15) is 0 Å². The van der Waals surface area contributed by atoms with E-state index in [1.807, 2.05) is 0 Å². The number of carbonyl (C=O) groups is 1. The first-order valence-corrected chi connectivity index (χ1v) is 16.6. The highest BCUT2D eigenvalue weighted by atomic mass is 16.7. The SMILES string of the molecule is O=C(C=Cc1ccc(O)c(O)c1)OC[C@@H]1O[C@H](OC2=Cc3c(cc(O)cc3O[C@H]3O[C@@H](CO)[C@H](O)[C@@H](O)[C@@H]3O)OC2c2ccc(O)c(O)c2)[C@@H](O)[C@H](O)[C@H]1O. The van der Waals surface area contributed by atoms with Gasteiger partial charge in [0.25, 0.3) is 0 Å². The highest BCUT2D eigenvalue weighted by Gasteiger charge is 2.48. The molecule has 0 aliphatic carbocycles. The number of ether oxygens (including phenoxy) is 6. The average molecular weight is 775 g/mol. The van der Waals surface area contributed by atoms with Gasteiger partial charge in [0.1, 0.15) is 78.4 Å². The minimum atomic E-state index is -1.93. The lowest BCUT2D eigenvalue weighted by atomic mass is 9.98. The fraction of sp³-hybridized carbons (Fsp3) is 0.361. The number of aliphatic hydroxyl groups excluding tert-OH is 7. The van der Waals surface area contributed by atoms with Crippen LogP contribution in [0.15, 0.2) is 60.4 Å². The van der Waals surface area contributed by atoms with E-state index in [0.717, 1.165) is 24.3 Å². The van der Waals surface area contributed by atoms with Gasteiger partial charge in [0.2, 0.25) is 12.6 Å².